The van der Waals surface area contributed by atoms with Crippen LogP contribution in [0.1, 0.15) is 32.3 Å². The van der Waals surface area contributed by atoms with Gasteiger partial charge in [-0.2, -0.15) is 4.31 Å². The summed E-state index contributed by atoms with van der Waals surface area (Å²) in [5.41, 5.74) is 6.21. The molecule has 3 unspecified atom stereocenters. The Labute approximate surface area is 248 Å². The standard InChI is InChI=1S/C30H43N3O8S/c1-30(2,14-15-31)20-33(42(36,37)23-11-9-22(38-3)10-12-23)18-26(34)25(17-21-7-5-4-6-8-21)32-29(35)41-27-19-40-28-24(27)13-16-39-28/h4-12,24-28,34H,13-20,31H2,1-3H3,(H,32,35)/t24?,25-,26+,27?,28?/m0/s1. The van der Waals surface area contributed by atoms with Crippen molar-refractivity contribution in [2.75, 3.05) is 40.0 Å². The van der Waals surface area contributed by atoms with Crippen molar-refractivity contribution in [2.24, 2.45) is 17.1 Å². The molecule has 0 aliphatic carbocycles. The topological polar surface area (TPSA) is 150 Å². The van der Waals surface area contributed by atoms with Gasteiger partial charge in [-0.25, -0.2) is 13.2 Å². The van der Waals surface area contributed by atoms with Gasteiger partial charge in [-0.3, -0.25) is 0 Å². The first kappa shape index (κ1) is 32.2. The third-order valence-electron chi connectivity index (χ3n) is 7.82. The summed E-state index contributed by atoms with van der Waals surface area (Å²) in [6.07, 6.45) is -1.24. The average Bonchev–Trinajstić information content (AvgIpc) is 3.58. The monoisotopic (exact) mass is 605 g/mol. The van der Waals surface area contributed by atoms with Crippen molar-refractivity contribution in [3.63, 3.8) is 0 Å². The number of aliphatic hydroxyl groups excluding tert-OH is 1. The highest BCUT2D eigenvalue weighted by Gasteiger charge is 2.44. The van der Waals surface area contributed by atoms with Gasteiger partial charge in [0.15, 0.2) is 6.29 Å². The van der Waals surface area contributed by atoms with Crippen molar-refractivity contribution in [1.29, 1.82) is 0 Å². The minimum absolute atomic E-state index is 0.0387. The van der Waals surface area contributed by atoms with E-state index in [0.29, 0.717) is 25.3 Å². The van der Waals surface area contributed by atoms with E-state index in [1.54, 1.807) is 12.1 Å². The molecule has 2 saturated heterocycles. The zero-order chi connectivity index (χ0) is 30.3. The largest absolute Gasteiger partial charge is 0.497 e. The van der Waals surface area contributed by atoms with Gasteiger partial charge in [-0.15, -0.1) is 0 Å². The van der Waals surface area contributed by atoms with E-state index in [1.807, 2.05) is 44.2 Å². The van der Waals surface area contributed by atoms with Crippen LogP contribution in [0.25, 0.3) is 0 Å². The second kappa shape index (κ2) is 14.2. The molecule has 12 heteroatoms. The second-order valence-corrected chi connectivity index (χ2v) is 13.6. The first-order valence-corrected chi connectivity index (χ1v) is 15.7. The van der Waals surface area contributed by atoms with Crippen LogP contribution < -0.4 is 15.8 Å². The van der Waals surface area contributed by atoms with Gasteiger partial charge >= 0.3 is 6.09 Å². The Morgan fingerprint density at radius 3 is 2.55 bits per heavy atom. The highest BCUT2D eigenvalue weighted by atomic mass is 32.2. The average molecular weight is 606 g/mol. The molecule has 4 rings (SSSR count). The fraction of sp³-hybridized carbons (Fsp3) is 0.567. The molecule has 5 atom stereocenters. The molecule has 0 bridgehead atoms. The lowest BCUT2D eigenvalue weighted by molar-refractivity contribution is -0.0907. The number of nitrogens with two attached hydrogens (primary N) is 1. The zero-order valence-electron chi connectivity index (χ0n) is 24.5. The summed E-state index contributed by atoms with van der Waals surface area (Å²) in [6.45, 7) is 4.89. The van der Waals surface area contributed by atoms with Crippen LogP contribution in [0.4, 0.5) is 4.79 Å². The summed E-state index contributed by atoms with van der Waals surface area (Å²) in [5.74, 6) is 0.487. The molecular formula is C30H43N3O8S. The Hall–Kier alpha value is -2.74. The number of rotatable bonds is 14. The van der Waals surface area contributed by atoms with Gasteiger partial charge in [0.05, 0.1) is 43.3 Å². The predicted octanol–water partition coefficient (Wildman–Crippen LogP) is 2.52. The van der Waals surface area contributed by atoms with E-state index in [4.69, 9.17) is 24.7 Å². The number of carbonyl (C=O) groups is 1. The van der Waals surface area contributed by atoms with Gasteiger partial charge in [-0.1, -0.05) is 44.2 Å². The summed E-state index contributed by atoms with van der Waals surface area (Å²) >= 11 is 0. The zero-order valence-corrected chi connectivity index (χ0v) is 25.3. The number of ether oxygens (including phenoxy) is 4. The second-order valence-electron chi connectivity index (χ2n) is 11.7. The van der Waals surface area contributed by atoms with Crippen molar-refractivity contribution >= 4 is 16.1 Å². The van der Waals surface area contributed by atoms with Crippen LogP contribution in [0.15, 0.2) is 59.5 Å². The van der Waals surface area contributed by atoms with Crippen molar-refractivity contribution in [1.82, 2.24) is 9.62 Å². The van der Waals surface area contributed by atoms with Crippen molar-refractivity contribution in [3.05, 3.63) is 60.2 Å². The molecule has 2 fully saturated rings. The predicted molar refractivity (Wildman–Crippen MR) is 156 cm³/mol. The maximum atomic E-state index is 13.9. The molecule has 0 saturated carbocycles. The van der Waals surface area contributed by atoms with Crippen molar-refractivity contribution < 1.29 is 37.3 Å². The quantitative estimate of drug-likeness (QED) is 0.295. The number of nitrogens with zero attached hydrogens (tertiary/aromatic N) is 1. The van der Waals surface area contributed by atoms with Crippen LogP contribution in [-0.2, 0) is 30.7 Å². The first-order chi connectivity index (χ1) is 20.0. The Morgan fingerprint density at radius 2 is 1.88 bits per heavy atom. The molecule has 42 heavy (non-hydrogen) atoms. The molecule has 11 nitrogen and oxygen atoms in total. The maximum Gasteiger partial charge on any atom is 0.407 e. The van der Waals surface area contributed by atoms with Gasteiger partial charge in [0.25, 0.3) is 0 Å². The number of nitrogens with one attached hydrogen (secondary N) is 1. The van der Waals surface area contributed by atoms with Crippen molar-refractivity contribution in [2.45, 2.75) is 62.5 Å². The van der Waals surface area contributed by atoms with Crippen LogP contribution in [0.3, 0.4) is 0 Å². The third kappa shape index (κ3) is 8.21. The molecule has 0 spiro atoms. The van der Waals surface area contributed by atoms with Crippen LogP contribution in [-0.4, -0.2) is 88.4 Å². The van der Waals surface area contributed by atoms with Crippen LogP contribution in [0.5, 0.6) is 5.75 Å². The number of benzene rings is 2. The summed E-state index contributed by atoms with van der Waals surface area (Å²) in [6, 6.07) is 14.6. The van der Waals surface area contributed by atoms with Gasteiger partial charge in [-0.05, 0) is 61.1 Å². The maximum absolute atomic E-state index is 13.9. The molecule has 2 aliphatic rings. The van der Waals surface area contributed by atoms with E-state index < -0.39 is 39.8 Å². The number of amides is 1. The van der Waals surface area contributed by atoms with Crippen LogP contribution in [0, 0.1) is 11.3 Å². The fourth-order valence-electron chi connectivity index (χ4n) is 5.45. The smallest absolute Gasteiger partial charge is 0.407 e. The molecular weight excluding hydrogens is 562 g/mol. The lowest BCUT2D eigenvalue weighted by atomic mass is 9.89. The minimum atomic E-state index is -4.03. The van der Waals surface area contributed by atoms with Gasteiger partial charge in [0, 0.05) is 13.1 Å². The molecule has 2 aromatic carbocycles. The SMILES string of the molecule is COc1ccc(S(=O)(=O)N(C[C@@H](O)[C@H](Cc2ccccc2)NC(=O)OC2COC3OCCC23)CC(C)(C)CCN)cc1. The summed E-state index contributed by atoms with van der Waals surface area (Å²) in [7, 11) is -2.53. The number of aliphatic hydroxyl groups is 1. The van der Waals surface area contributed by atoms with Gasteiger partial charge in [0.1, 0.15) is 11.9 Å². The van der Waals surface area contributed by atoms with E-state index in [2.05, 4.69) is 5.32 Å². The Kier molecular flexibility index (Phi) is 10.8. The first-order valence-electron chi connectivity index (χ1n) is 14.3. The number of fused-ring (bicyclic) bond motifs is 1. The van der Waals surface area contributed by atoms with E-state index in [9.17, 15) is 18.3 Å². The third-order valence-corrected chi connectivity index (χ3v) is 9.65. The molecule has 2 heterocycles. The normalized spacial score (nSPS) is 22.0. The fourth-order valence-corrected chi connectivity index (χ4v) is 7.10. The molecule has 0 aromatic heterocycles. The Balaban J connectivity index is 1.56. The van der Waals surface area contributed by atoms with Crippen LogP contribution in [0.2, 0.25) is 0 Å². The number of hydrogen-bond acceptors (Lipinski definition) is 9. The molecule has 4 N–H and O–H groups in total. The van der Waals surface area contributed by atoms with E-state index in [1.165, 1.54) is 23.5 Å². The molecule has 0 radical (unpaired) electrons. The lowest BCUT2D eigenvalue weighted by Crippen LogP contribution is -2.52. The number of methoxy groups -OCH3 is 1. The number of hydrogen-bond donors (Lipinski definition) is 3. The number of alkyl carbamates (subject to hydrolysis) is 1. The number of carbonyl (C=O) groups excluding carboxylic acids is 1. The highest BCUT2D eigenvalue weighted by molar-refractivity contribution is 7.89. The minimum Gasteiger partial charge on any atom is -0.497 e. The van der Waals surface area contributed by atoms with E-state index >= 15 is 0 Å². The summed E-state index contributed by atoms with van der Waals surface area (Å²) in [5, 5.41) is 14.4. The van der Waals surface area contributed by atoms with E-state index in [-0.39, 0.29) is 43.2 Å². The van der Waals surface area contributed by atoms with E-state index in [0.717, 1.165) is 12.0 Å². The van der Waals surface area contributed by atoms with Crippen LogP contribution >= 0.6 is 0 Å². The summed E-state index contributed by atoms with van der Waals surface area (Å²) < 4.78 is 51.0. The molecule has 1 amide bonds. The van der Waals surface area contributed by atoms with Crippen molar-refractivity contribution in [3.8, 4) is 5.75 Å². The molecule has 232 valence electrons. The summed E-state index contributed by atoms with van der Waals surface area (Å²) in [4.78, 5) is 13.1. The number of sulfonamides is 1. The Bertz CT molecular complexity index is 1260. The highest BCUT2D eigenvalue weighted by Crippen LogP contribution is 2.33. The molecule has 2 aromatic rings. The molecule has 2 aliphatic heterocycles. The van der Waals surface area contributed by atoms with Gasteiger partial charge in [0.2, 0.25) is 10.0 Å². The Morgan fingerprint density at radius 1 is 1.17 bits per heavy atom. The van der Waals surface area contributed by atoms with Gasteiger partial charge < -0.3 is 35.1 Å². The lowest BCUT2D eigenvalue weighted by Gasteiger charge is -2.35.